The van der Waals surface area contributed by atoms with Crippen LogP contribution in [0.4, 0.5) is 11.4 Å². The number of rotatable bonds is 4. The molecule has 6 nitrogen and oxygen atoms in total. The summed E-state index contributed by atoms with van der Waals surface area (Å²) >= 11 is 0. The highest BCUT2D eigenvalue weighted by molar-refractivity contribution is 5.73. The van der Waals surface area contributed by atoms with Crippen LogP contribution in [-0.2, 0) is 4.74 Å². The number of hydrogen-bond donors (Lipinski definition) is 1. The maximum absolute atomic E-state index is 5.89. The van der Waals surface area contributed by atoms with Gasteiger partial charge in [-0.25, -0.2) is 4.98 Å². The molecule has 0 amide bonds. The van der Waals surface area contributed by atoms with E-state index in [0.717, 1.165) is 35.6 Å². The molecule has 3 rings (SSSR count). The Balaban J connectivity index is 2.03. The highest BCUT2D eigenvalue weighted by Crippen LogP contribution is 2.33. The van der Waals surface area contributed by atoms with E-state index in [2.05, 4.69) is 20.9 Å². The molecule has 2 aromatic rings. The number of aromatic nitrogens is 2. The largest absolute Gasteiger partial charge is 0.476 e. The number of ether oxygens (including phenoxy) is 2. The molecule has 0 aromatic carbocycles. The molecule has 0 atom stereocenters. The third-order valence-corrected chi connectivity index (χ3v) is 3.88. The second-order valence-corrected chi connectivity index (χ2v) is 5.48. The number of nitrogens with two attached hydrogens (primary N) is 1. The molecule has 0 unspecified atom stereocenters. The summed E-state index contributed by atoms with van der Waals surface area (Å²) in [7, 11) is 0. The molecular weight excluding hydrogens is 292 g/mol. The van der Waals surface area contributed by atoms with Crippen molar-refractivity contribution in [3.05, 3.63) is 30.2 Å². The Labute approximate surface area is 136 Å². The standard InChI is InChI=1S/C17H22N4O2/c1-3-23-17-16(21-4-6-22-7-5-21)8-13(10-20-17)15-9-14(18)11-19-12(15)2/h8-11H,3-7,18H2,1-2H3. The molecule has 3 heterocycles. The van der Waals surface area contributed by atoms with Crippen LogP contribution in [0.3, 0.4) is 0 Å². The number of nitrogens with zero attached hydrogens (tertiary/aromatic N) is 3. The monoisotopic (exact) mass is 314 g/mol. The molecule has 2 N–H and O–H groups in total. The molecule has 0 radical (unpaired) electrons. The second-order valence-electron chi connectivity index (χ2n) is 5.48. The van der Waals surface area contributed by atoms with E-state index < -0.39 is 0 Å². The first-order valence-corrected chi connectivity index (χ1v) is 7.87. The van der Waals surface area contributed by atoms with Crippen molar-refractivity contribution in [3.8, 4) is 17.0 Å². The fourth-order valence-corrected chi connectivity index (χ4v) is 2.71. The summed E-state index contributed by atoms with van der Waals surface area (Å²) in [5.41, 5.74) is 10.4. The molecule has 1 aliphatic rings. The van der Waals surface area contributed by atoms with Gasteiger partial charge in [0.05, 0.1) is 31.7 Å². The summed E-state index contributed by atoms with van der Waals surface area (Å²) in [4.78, 5) is 11.1. The van der Waals surface area contributed by atoms with Gasteiger partial charge in [-0.3, -0.25) is 4.98 Å². The number of aryl methyl sites for hydroxylation is 1. The lowest BCUT2D eigenvalue weighted by atomic mass is 10.1. The van der Waals surface area contributed by atoms with Crippen LogP contribution < -0.4 is 15.4 Å². The minimum Gasteiger partial charge on any atom is -0.476 e. The lowest BCUT2D eigenvalue weighted by Gasteiger charge is -2.30. The topological polar surface area (TPSA) is 73.5 Å². The van der Waals surface area contributed by atoms with Crippen molar-refractivity contribution in [1.82, 2.24) is 9.97 Å². The molecule has 122 valence electrons. The van der Waals surface area contributed by atoms with Gasteiger partial charge in [-0.2, -0.15) is 0 Å². The fourth-order valence-electron chi connectivity index (χ4n) is 2.71. The van der Waals surface area contributed by atoms with Gasteiger partial charge in [-0.15, -0.1) is 0 Å². The Bertz CT molecular complexity index is 684. The molecule has 0 aliphatic carbocycles. The third-order valence-electron chi connectivity index (χ3n) is 3.88. The summed E-state index contributed by atoms with van der Waals surface area (Å²) in [5, 5.41) is 0. The molecule has 1 fully saturated rings. The average molecular weight is 314 g/mol. The van der Waals surface area contributed by atoms with Crippen molar-refractivity contribution in [1.29, 1.82) is 0 Å². The molecular formula is C17H22N4O2. The van der Waals surface area contributed by atoms with Crippen LogP contribution in [0.15, 0.2) is 24.5 Å². The number of morpholine rings is 1. The summed E-state index contributed by atoms with van der Waals surface area (Å²) < 4.78 is 11.1. The smallest absolute Gasteiger partial charge is 0.237 e. The van der Waals surface area contributed by atoms with Crippen molar-refractivity contribution in [2.75, 3.05) is 43.5 Å². The van der Waals surface area contributed by atoms with Gasteiger partial charge in [0.15, 0.2) is 0 Å². The van der Waals surface area contributed by atoms with E-state index in [0.29, 0.717) is 31.4 Å². The lowest BCUT2D eigenvalue weighted by Crippen LogP contribution is -2.36. The zero-order valence-corrected chi connectivity index (χ0v) is 13.6. The van der Waals surface area contributed by atoms with Crippen LogP contribution in [0.2, 0.25) is 0 Å². The Morgan fingerprint density at radius 2 is 2.00 bits per heavy atom. The maximum atomic E-state index is 5.89. The summed E-state index contributed by atoms with van der Waals surface area (Å²) in [6, 6.07) is 4.04. The lowest BCUT2D eigenvalue weighted by molar-refractivity contribution is 0.122. The van der Waals surface area contributed by atoms with Gasteiger partial charge in [-0.05, 0) is 26.0 Å². The first-order valence-electron chi connectivity index (χ1n) is 7.87. The number of nitrogen functional groups attached to an aromatic ring is 1. The first-order chi connectivity index (χ1) is 11.2. The van der Waals surface area contributed by atoms with Crippen LogP contribution in [-0.4, -0.2) is 42.9 Å². The average Bonchev–Trinajstić information content (AvgIpc) is 2.58. The summed E-state index contributed by atoms with van der Waals surface area (Å²) in [6.07, 6.45) is 3.49. The van der Waals surface area contributed by atoms with Crippen LogP contribution >= 0.6 is 0 Å². The minimum atomic E-state index is 0.586. The predicted molar refractivity (Wildman–Crippen MR) is 90.8 cm³/mol. The van der Waals surface area contributed by atoms with E-state index in [-0.39, 0.29) is 0 Å². The molecule has 0 spiro atoms. The van der Waals surface area contributed by atoms with Crippen molar-refractivity contribution < 1.29 is 9.47 Å². The summed E-state index contributed by atoms with van der Waals surface area (Å²) in [6.45, 7) is 7.62. The molecule has 6 heteroatoms. The molecule has 0 saturated carbocycles. The second kappa shape index (κ2) is 6.83. The van der Waals surface area contributed by atoms with E-state index in [1.54, 1.807) is 6.20 Å². The summed E-state index contributed by atoms with van der Waals surface area (Å²) in [5.74, 6) is 0.660. The van der Waals surface area contributed by atoms with Gasteiger partial charge in [0.1, 0.15) is 5.69 Å². The van der Waals surface area contributed by atoms with Gasteiger partial charge < -0.3 is 20.1 Å². The normalized spacial score (nSPS) is 14.8. The fraction of sp³-hybridized carbons (Fsp3) is 0.412. The van der Waals surface area contributed by atoms with Gasteiger partial charge in [0.25, 0.3) is 0 Å². The Kier molecular flexibility index (Phi) is 4.62. The number of pyridine rings is 2. The van der Waals surface area contributed by atoms with E-state index in [9.17, 15) is 0 Å². The third kappa shape index (κ3) is 3.37. The highest BCUT2D eigenvalue weighted by Gasteiger charge is 2.18. The first kappa shape index (κ1) is 15.6. The minimum absolute atomic E-state index is 0.586. The van der Waals surface area contributed by atoms with E-state index in [1.165, 1.54) is 0 Å². The van der Waals surface area contributed by atoms with Gasteiger partial charge in [-0.1, -0.05) is 0 Å². The molecule has 1 aliphatic heterocycles. The van der Waals surface area contributed by atoms with Crippen LogP contribution in [0.25, 0.3) is 11.1 Å². The number of anilines is 2. The van der Waals surface area contributed by atoms with Crippen molar-refractivity contribution >= 4 is 11.4 Å². The van der Waals surface area contributed by atoms with E-state index in [1.807, 2.05) is 26.1 Å². The van der Waals surface area contributed by atoms with Crippen LogP contribution in [0.1, 0.15) is 12.6 Å². The van der Waals surface area contributed by atoms with Crippen molar-refractivity contribution in [2.24, 2.45) is 0 Å². The SMILES string of the molecule is CCOc1ncc(-c2cc(N)cnc2C)cc1N1CCOCC1. The molecule has 1 saturated heterocycles. The Hall–Kier alpha value is -2.34. The van der Waals surface area contributed by atoms with Gasteiger partial charge in [0.2, 0.25) is 5.88 Å². The van der Waals surface area contributed by atoms with Crippen molar-refractivity contribution in [2.45, 2.75) is 13.8 Å². The van der Waals surface area contributed by atoms with Gasteiger partial charge in [0, 0.05) is 36.1 Å². The van der Waals surface area contributed by atoms with E-state index >= 15 is 0 Å². The van der Waals surface area contributed by atoms with Gasteiger partial charge >= 0.3 is 0 Å². The highest BCUT2D eigenvalue weighted by atomic mass is 16.5. The van der Waals surface area contributed by atoms with E-state index in [4.69, 9.17) is 15.2 Å². The number of hydrogen-bond acceptors (Lipinski definition) is 6. The Morgan fingerprint density at radius 3 is 2.74 bits per heavy atom. The zero-order valence-electron chi connectivity index (χ0n) is 13.6. The molecule has 0 bridgehead atoms. The van der Waals surface area contributed by atoms with Crippen LogP contribution in [0.5, 0.6) is 5.88 Å². The molecule has 23 heavy (non-hydrogen) atoms. The maximum Gasteiger partial charge on any atom is 0.237 e. The van der Waals surface area contributed by atoms with Crippen molar-refractivity contribution in [3.63, 3.8) is 0 Å². The van der Waals surface area contributed by atoms with Crippen LogP contribution in [0, 0.1) is 6.92 Å². The quantitative estimate of drug-likeness (QED) is 0.933. The predicted octanol–water partition coefficient (Wildman–Crippen LogP) is 2.27. The molecule has 2 aromatic heterocycles. The zero-order chi connectivity index (χ0) is 16.2. The Morgan fingerprint density at radius 1 is 1.22 bits per heavy atom.